The summed E-state index contributed by atoms with van der Waals surface area (Å²) in [6, 6.07) is 41.6. The number of Topliss-reactive ketones (excluding diaryl/α,β-unsaturated/α-hetero) is 1. The molecular formula is C46H56O7Si. The number of hydrogen-bond donors (Lipinski definition) is 0. The smallest absolute Gasteiger partial charge is 0.261 e. The van der Waals surface area contributed by atoms with E-state index in [-0.39, 0.29) is 54.4 Å². The van der Waals surface area contributed by atoms with Gasteiger partial charge >= 0.3 is 0 Å². The van der Waals surface area contributed by atoms with Crippen LogP contribution in [0.2, 0.25) is 5.04 Å². The zero-order valence-electron chi connectivity index (χ0n) is 32.2. The fourth-order valence-corrected chi connectivity index (χ4v) is 13.2. The van der Waals surface area contributed by atoms with Crippen LogP contribution in [0.3, 0.4) is 0 Å². The number of benzene rings is 4. The lowest BCUT2D eigenvalue weighted by molar-refractivity contribution is -0.307. The predicted molar refractivity (Wildman–Crippen MR) is 213 cm³/mol. The van der Waals surface area contributed by atoms with E-state index < -0.39 is 20.0 Å². The van der Waals surface area contributed by atoms with Gasteiger partial charge in [0.15, 0.2) is 5.78 Å². The highest BCUT2D eigenvalue weighted by molar-refractivity contribution is 6.99. The van der Waals surface area contributed by atoms with Gasteiger partial charge in [-0.05, 0) is 46.3 Å². The van der Waals surface area contributed by atoms with E-state index in [2.05, 4.69) is 93.6 Å². The maximum Gasteiger partial charge on any atom is 0.261 e. The molecule has 54 heavy (non-hydrogen) atoms. The zero-order chi connectivity index (χ0) is 37.6. The Morgan fingerprint density at radius 1 is 0.759 bits per heavy atom. The van der Waals surface area contributed by atoms with Crippen molar-refractivity contribution in [3.8, 4) is 0 Å². The first kappa shape index (κ1) is 38.8. The second-order valence-corrected chi connectivity index (χ2v) is 20.7. The van der Waals surface area contributed by atoms with Crippen LogP contribution in [0, 0.1) is 0 Å². The van der Waals surface area contributed by atoms with E-state index in [1.165, 1.54) is 15.9 Å². The summed E-state index contributed by atoms with van der Waals surface area (Å²) >= 11 is 0. The van der Waals surface area contributed by atoms with Crippen molar-refractivity contribution in [2.24, 2.45) is 0 Å². The number of carbonyl (C=O) groups excluding carboxylic acids is 1. The molecule has 3 fully saturated rings. The van der Waals surface area contributed by atoms with Crippen molar-refractivity contribution in [2.75, 3.05) is 13.2 Å². The number of ether oxygens (including phenoxy) is 5. The van der Waals surface area contributed by atoms with E-state index in [0.717, 1.165) is 24.8 Å². The molecule has 0 saturated carbocycles. The molecule has 0 N–H and O–H groups in total. The summed E-state index contributed by atoms with van der Waals surface area (Å²) in [4.78, 5) is 14.0. The molecule has 8 heteroatoms. The van der Waals surface area contributed by atoms with Gasteiger partial charge in [0.05, 0.1) is 49.8 Å². The molecule has 3 saturated heterocycles. The minimum absolute atomic E-state index is 0.000181. The van der Waals surface area contributed by atoms with Crippen LogP contribution < -0.4 is 10.4 Å². The van der Waals surface area contributed by atoms with E-state index in [1.807, 2.05) is 55.5 Å². The fourth-order valence-electron chi connectivity index (χ4n) is 8.69. The number of rotatable bonds is 14. The minimum atomic E-state index is -2.86. The van der Waals surface area contributed by atoms with Crippen molar-refractivity contribution in [1.82, 2.24) is 0 Å². The summed E-state index contributed by atoms with van der Waals surface area (Å²) in [5, 5.41) is 2.14. The zero-order valence-corrected chi connectivity index (χ0v) is 33.2. The molecule has 4 aromatic carbocycles. The summed E-state index contributed by atoms with van der Waals surface area (Å²) in [6.45, 7) is 10.7. The van der Waals surface area contributed by atoms with Crippen LogP contribution in [-0.2, 0) is 46.1 Å². The SMILES string of the molecule is CC(C)(C)[Si](OC[C@H]1O[C@H]2C[C@H]3O[C@H](CCCOCc4ccccc4)C[C@H](OCc4ccccc4)[C@@H]3O[C@]2(C)CC1=O)(c1ccccc1)c1ccccc1. The third-order valence-corrected chi connectivity index (χ3v) is 16.4. The molecule has 4 aromatic rings. The molecule has 3 aliphatic rings. The molecule has 3 aliphatic heterocycles. The van der Waals surface area contributed by atoms with Crippen LogP contribution in [0.25, 0.3) is 0 Å². The highest BCUT2D eigenvalue weighted by Gasteiger charge is 2.57. The van der Waals surface area contributed by atoms with Gasteiger partial charge in [-0.3, -0.25) is 4.79 Å². The molecule has 3 heterocycles. The van der Waals surface area contributed by atoms with E-state index >= 15 is 0 Å². The average Bonchev–Trinajstić information content (AvgIpc) is 3.18. The first-order chi connectivity index (χ1) is 26.1. The monoisotopic (exact) mass is 748 g/mol. The molecule has 0 aromatic heterocycles. The molecule has 0 amide bonds. The van der Waals surface area contributed by atoms with Crippen LogP contribution in [0.1, 0.15) is 70.9 Å². The Bertz CT molecular complexity index is 1730. The van der Waals surface area contributed by atoms with E-state index in [1.54, 1.807) is 0 Å². The Hall–Kier alpha value is -3.47. The van der Waals surface area contributed by atoms with E-state index in [4.69, 9.17) is 28.1 Å². The highest BCUT2D eigenvalue weighted by Crippen LogP contribution is 2.45. The number of carbonyl (C=O) groups is 1. The summed E-state index contributed by atoms with van der Waals surface area (Å²) in [6.07, 6.45) is 1.61. The molecule has 0 spiro atoms. The van der Waals surface area contributed by atoms with Crippen molar-refractivity contribution < 1.29 is 32.9 Å². The summed E-state index contributed by atoms with van der Waals surface area (Å²) in [5.74, 6) is 0.0111. The van der Waals surface area contributed by atoms with Gasteiger partial charge in [0, 0.05) is 25.9 Å². The Morgan fingerprint density at radius 3 is 1.93 bits per heavy atom. The topological polar surface area (TPSA) is 72.5 Å². The second-order valence-electron chi connectivity index (χ2n) is 16.4. The largest absolute Gasteiger partial charge is 0.404 e. The van der Waals surface area contributed by atoms with Crippen molar-refractivity contribution in [2.45, 2.75) is 120 Å². The van der Waals surface area contributed by atoms with Gasteiger partial charge in [-0.15, -0.1) is 0 Å². The average molecular weight is 749 g/mol. The molecule has 7 nitrogen and oxygen atoms in total. The third kappa shape index (κ3) is 8.66. The quantitative estimate of drug-likeness (QED) is 0.0974. The van der Waals surface area contributed by atoms with Gasteiger partial charge in [-0.1, -0.05) is 142 Å². The molecule has 0 aliphatic carbocycles. The molecule has 0 unspecified atom stereocenters. The lowest BCUT2D eigenvalue weighted by Crippen LogP contribution is -2.69. The Balaban J connectivity index is 1.05. The van der Waals surface area contributed by atoms with Gasteiger partial charge in [0.25, 0.3) is 8.32 Å². The van der Waals surface area contributed by atoms with Gasteiger partial charge < -0.3 is 28.1 Å². The standard InChI is InChI=1S/C46H56O7Si/c1-45(2,3)54(37-23-13-7-14-24-37,38-25-15-8-16-26-38)50-33-42-39(47)30-46(4)43(52-42)29-41-44(53-46)40(49-32-35-20-11-6-12-21-35)28-36(51-41)22-17-27-48-31-34-18-9-5-10-19-34/h5-16,18-21,23-26,36,40-44H,17,22,27-33H2,1-4H3/t36-,40+,41-,42-,43+,44+,46-/m1/s1. The van der Waals surface area contributed by atoms with Gasteiger partial charge in [0.1, 0.15) is 12.2 Å². The van der Waals surface area contributed by atoms with Crippen molar-refractivity contribution in [1.29, 1.82) is 0 Å². The second kappa shape index (κ2) is 17.1. The van der Waals surface area contributed by atoms with Crippen molar-refractivity contribution in [3.05, 3.63) is 132 Å². The Kier molecular flexibility index (Phi) is 12.3. The molecule has 7 atom stereocenters. The van der Waals surface area contributed by atoms with Crippen molar-refractivity contribution in [3.63, 3.8) is 0 Å². The van der Waals surface area contributed by atoms with Crippen LogP contribution >= 0.6 is 0 Å². The van der Waals surface area contributed by atoms with E-state index in [0.29, 0.717) is 26.2 Å². The maximum atomic E-state index is 14.0. The third-order valence-electron chi connectivity index (χ3n) is 11.4. The highest BCUT2D eigenvalue weighted by atomic mass is 28.4. The Labute approximate surface area is 322 Å². The first-order valence-corrected chi connectivity index (χ1v) is 21.6. The first-order valence-electron chi connectivity index (χ1n) is 19.7. The normalized spacial score (nSPS) is 27.2. The predicted octanol–water partition coefficient (Wildman–Crippen LogP) is 7.58. The number of fused-ring (bicyclic) bond motifs is 2. The fraction of sp³-hybridized carbons (Fsp3) is 0.457. The van der Waals surface area contributed by atoms with Crippen LogP contribution in [-0.4, -0.2) is 69.5 Å². The number of hydrogen-bond acceptors (Lipinski definition) is 7. The van der Waals surface area contributed by atoms with Crippen LogP contribution in [0.5, 0.6) is 0 Å². The summed E-state index contributed by atoms with van der Waals surface area (Å²) in [5.41, 5.74) is 1.50. The lowest BCUT2D eigenvalue weighted by atomic mass is 9.79. The molecule has 286 valence electrons. The Morgan fingerprint density at radius 2 is 1.33 bits per heavy atom. The summed E-state index contributed by atoms with van der Waals surface area (Å²) < 4.78 is 40.4. The van der Waals surface area contributed by atoms with Crippen LogP contribution in [0.15, 0.2) is 121 Å². The van der Waals surface area contributed by atoms with Crippen molar-refractivity contribution >= 4 is 24.5 Å². The van der Waals surface area contributed by atoms with Crippen LogP contribution in [0.4, 0.5) is 0 Å². The summed E-state index contributed by atoms with van der Waals surface area (Å²) in [7, 11) is -2.86. The van der Waals surface area contributed by atoms with Gasteiger partial charge in [-0.2, -0.15) is 0 Å². The molecule has 0 radical (unpaired) electrons. The maximum absolute atomic E-state index is 14.0. The van der Waals surface area contributed by atoms with E-state index in [9.17, 15) is 4.79 Å². The van der Waals surface area contributed by atoms with Gasteiger partial charge in [-0.25, -0.2) is 0 Å². The number of ketones is 1. The molecule has 7 rings (SSSR count). The molecule has 0 bridgehead atoms. The lowest BCUT2D eigenvalue weighted by Gasteiger charge is -2.55. The minimum Gasteiger partial charge on any atom is -0.404 e. The molecular weight excluding hydrogens is 693 g/mol. The van der Waals surface area contributed by atoms with Gasteiger partial charge in [0.2, 0.25) is 0 Å².